The fraction of sp³-hybridized carbons (Fsp3) is 0.278. The van der Waals surface area contributed by atoms with Crippen LogP contribution >= 0.6 is 0 Å². The molecule has 0 atom stereocenters. The lowest BCUT2D eigenvalue weighted by atomic mass is 10.1. The Morgan fingerprint density at radius 1 is 1.33 bits per heavy atom. The summed E-state index contributed by atoms with van der Waals surface area (Å²) in [6.45, 7) is 2.21. The van der Waals surface area contributed by atoms with Crippen molar-refractivity contribution in [2.45, 2.75) is 33.5 Å². The quantitative estimate of drug-likeness (QED) is 0.664. The molecule has 0 saturated carbocycles. The smallest absolute Gasteiger partial charge is 0.387 e. The number of hydrogen-bond donors (Lipinski definition) is 2. The zero-order valence-corrected chi connectivity index (χ0v) is 14.9. The molecule has 142 valence electrons. The second kappa shape index (κ2) is 7.98. The summed E-state index contributed by atoms with van der Waals surface area (Å²) in [5, 5.41) is 13.8. The molecule has 0 aliphatic heterocycles. The van der Waals surface area contributed by atoms with Crippen LogP contribution in [0.5, 0.6) is 5.75 Å². The first-order valence-corrected chi connectivity index (χ1v) is 8.38. The number of hydrogen-bond acceptors (Lipinski definition) is 4. The van der Waals surface area contributed by atoms with Gasteiger partial charge in [0.2, 0.25) is 0 Å². The van der Waals surface area contributed by atoms with Crippen LogP contribution in [0.4, 0.5) is 8.78 Å². The van der Waals surface area contributed by atoms with Crippen LogP contribution in [0.25, 0.3) is 11.3 Å². The van der Waals surface area contributed by atoms with Crippen LogP contribution < -0.4 is 10.1 Å². The number of halogens is 2. The number of ether oxygens (including phenoxy) is 1. The van der Waals surface area contributed by atoms with Crippen LogP contribution in [0.3, 0.4) is 0 Å². The van der Waals surface area contributed by atoms with Gasteiger partial charge in [-0.25, -0.2) is 0 Å². The van der Waals surface area contributed by atoms with Crippen LogP contribution in [-0.4, -0.2) is 32.5 Å². The standard InChI is InChI=1S/C18H19F2N5O2/c1-3-25-11(2)13(10-22-25)9-21-17(26)16-8-15(23-24-16)12-4-6-14(7-5-12)27-18(19)20/h4-8,10,18H,3,9H2,1-2H3,(H,21,26)(H,23,24). The van der Waals surface area contributed by atoms with Gasteiger partial charge >= 0.3 is 6.61 Å². The zero-order valence-electron chi connectivity index (χ0n) is 14.9. The Balaban J connectivity index is 1.64. The van der Waals surface area contributed by atoms with Crippen LogP contribution in [-0.2, 0) is 13.1 Å². The molecule has 2 N–H and O–H groups in total. The second-order valence-electron chi connectivity index (χ2n) is 5.82. The predicted octanol–water partition coefficient (Wildman–Crippen LogP) is 3.13. The van der Waals surface area contributed by atoms with Gasteiger partial charge in [0.15, 0.2) is 0 Å². The summed E-state index contributed by atoms with van der Waals surface area (Å²) in [6.07, 6.45) is 1.74. The van der Waals surface area contributed by atoms with Gasteiger partial charge in [-0.05, 0) is 44.2 Å². The fourth-order valence-electron chi connectivity index (χ4n) is 2.64. The molecule has 0 saturated heterocycles. The summed E-state index contributed by atoms with van der Waals surface area (Å²) in [7, 11) is 0. The summed E-state index contributed by atoms with van der Waals surface area (Å²) in [5.74, 6) is -0.236. The number of amides is 1. The zero-order chi connectivity index (χ0) is 19.4. The average molecular weight is 375 g/mol. The number of aryl methyl sites for hydroxylation is 1. The monoisotopic (exact) mass is 375 g/mol. The van der Waals surface area contributed by atoms with E-state index in [1.165, 1.54) is 12.1 Å². The summed E-state index contributed by atoms with van der Waals surface area (Å²) >= 11 is 0. The highest BCUT2D eigenvalue weighted by Crippen LogP contribution is 2.22. The minimum absolute atomic E-state index is 0.0604. The van der Waals surface area contributed by atoms with Crippen molar-refractivity contribution in [1.82, 2.24) is 25.3 Å². The van der Waals surface area contributed by atoms with E-state index in [1.54, 1.807) is 24.4 Å². The Morgan fingerprint density at radius 3 is 2.70 bits per heavy atom. The first kappa shape index (κ1) is 18.6. The molecule has 0 fully saturated rings. The number of carbonyl (C=O) groups is 1. The van der Waals surface area contributed by atoms with Gasteiger partial charge in [-0.1, -0.05) is 0 Å². The van der Waals surface area contributed by atoms with Crippen LogP contribution in [0.2, 0.25) is 0 Å². The summed E-state index contributed by atoms with van der Waals surface area (Å²) < 4.78 is 30.5. The van der Waals surface area contributed by atoms with E-state index in [2.05, 4.69) is 25.3 Å². The Hall–Kier alpha value is -3.23. The summed E-state index contributed by atoms with van der Waals surface area (Å²) in [6, 6.07) is 7.63. The van der Waals surface area contributed by atoms with Gasteiger partial charge in [0.25, 0.3) is 5.91 Å². The number of H-pyrrole nitrogens is 1. The molecule has 9 heteroatoms. The third kappa shape index (κ3) is 4.30. The summed E-state index contributed by atoms with van der Waals surface area (Å²) in [5.41, 5.74) is 3.46. The van der Waals surface area contributed by atoms with Crippen LogP contribution in [0.15, 0.2) is 36.5 Å². The lowest BCUT2D eigenvalue weighted by Gasteiger charge is -2.04. The highest BCUT2D eigenvalue weighted by atomic mass is 19.3. The summed E-state index contributed by atoms with van der Waals surface area (Å²) in [4.78, 5) is 12.3. The lowest BCUT2D eigenvalue weighted by Crippen LogP contribution is -2.23. The van der Waals surface area contributed by atoms with E-state index in [0.717, 1.165) is 17.8 Å². The van der Waals surface area contributed by atoms with Crippen molar-refractivity contribution >= 4 is 5.91 Å². The van der Waals surface area contributed by atoms with Crippen molar-refractivity contribution in [3.8, 4) is 17.0 Å². The molecule has 1 aromatic carbocycles. The van der Waals surface area contributed by atoms with Crippen molar-refractivity contribution in [3.63, 3.8) is 0 Å². The SMILES string of the molecule is CCn1ncc(CNC(=O)c2cc(-c3ccc(OC(F)F)cc3)n[nH]2)c1C. The Morgan fingerprint density at radius 2 is 2.07 bits per heavy atom. The number of alkyl halides is 2. The Kier molecular flexibility index (Phi) is 5.49. The maximum Gasteiger partial charge on any atom is 0.387 e. The largest absolute Gasteiger partial charge is 0.435 e. The topological polar surface area (TPSA) is 84.8 Å². The molecule has 0 aliphatic rings. The van der Waals surface area contributed by atoms with Gasteiger partial charge in [0.1, 0.15) is 11.4 Å². The predicted molar refractivity (Wildman–Crippen MR) is 94.5 cm³/mol. The van der Waals surface area contributed by atoms with Gasteiger partial charge in [0.05, 0.1) is 11.9 Å². The third-order valence-electron chi connectivity index (χ3n) is 4.14. The molecule has 0 aliphatic carbocycles. The molecule has 2 heterocycles. The number of aromatic amines is 1. The van der Waals surface area contributed by atoms with Crippen molar-refractivity contribution in [2.75, 3.05) is 0 Å². The molecule has 0 spiro atoms. The Bertz CT molecular complexity index is 918. The van der Waals surface area contributed by atoms with E-state index in [-0.39, 0.29) is 11.7 Å². The fourth-order valence-corrected chi connectivity index (χ4v) is 2.64. The highest BCUT2D eigenvalue weighted by molar-refractivity contribution is 5.93. The average Bonchev–Trinajstić information content (AvgIpc) is 3.27. The number of carbonyl (C=O) groups excluding carboxylic acids is 1. The maximum absolute atomic E-state index is 12.3. The number of aromatic nitrogens is 4. The molecule has 0 unspecified atom stereocenters. The first-order valence-electron chi connectivity index (χ1n) is 8.38. The molecular weight excluding hydrogens is 356 g/mol. The van der Waals surface area contributed by atoms with Crippen LogP contribution in [0.1, 0.15) is 28.7 Å². The molecular formula is C18H19F2N5O2. The Labute approximate surface area is 154 Å². The highest BCUT2D eigenvalue weighted by Gasteiger charge is 2.13. The number of rotatable bonds is 7. The molecule has 1 amide bonds. The molecule has 27 heavy (non-hydrogen) atoms. The lowest BCUT2D eigenvalue weighted by molar-refractivity contribution is -0.0498. The molecule has 0 bridgehead atoms. The minimum atomic E-state index is -2.87. The first-order chi connectivity index (χ1) is 13.0. The van der Waals surface area contributed by atoms with Crippen molar-refractivity contribution in [2.24, 2.45) is 0 Å². The number of nitrogens with one attached hydrogen (secondary N) is 2. The van der Waals surface area contributed by atoms with Crippen LogP contribution in [0, 0.1) is 6.92 Å². The number of benzene rings is 1. The van der Waals surface area contributed by atoms with E-state index < -0.39 is 6.61 Å². The van der Waals surface area contributed by atoms with Gasteiger partial charge in [-0.3, -0.25) is 14.6 Å². The van der Waals surface area contributed by atoms with E-state index in [0.29, 0.717) is 23.5 Å². The second-order valence-corrected chi connectivity index (χ2v) is 5.82. The number of nitrogens with zero attached hydrogens (tertiary/aromatic N) is 3. The molecule has 7 nitrogen and oxygen atoms in total. The molecule has 3 rings (SSSR count). The van der Waals surface area contributed by atoms with E-state index in [1.807, 2.05) is 18.5 Å². The third-order valence-corrected chi connectivity index (χ3v) is 4.14. The van der Waals surface area contributed by atoms with Crippen molar-refractivity contribution in [3.05, 3.63) is 53.5 Å². The van der Waals surface area contributed by atoms with Gasteiger partial charge in [0, 0.05) is 29.9 Å². The maximum atomic E-state index is 12.3. The molecule has 2 aromatic heterocycles. The normalized spacial score (nSPS) is 11.0. The van der Waals surface area contributed by atoms with Gasteiger partial charge in [-0.2, -0.15) is 19.0 Å². The molecule has 3 aromatic rings. The molecule has 0 radical (unpaired) electrons. The van der Waals surface area contributed by atoms with Gasteiger partial charge < -0.3 is 10.1 Å². The van der Waals surface area contributed by atoms with Gasteiger partial charge in [-0.15, -0.1) is 0 Å². The van der Waals surface area contributed by atoms with E-state index in [4.69, 9.17) is 0 Å². The van der Waals surface area contributed by atoms with Crippen molar-refractivity contribution < 1.29 is 18.3 Å². The van der Waals surface area contributed by atoms with E-state index >= 15 is 0 Å². The van der Waals surface area contributed by atoms with Crippen molar-refractivity contribution in [1.29, 1.82) is 0 Å². The minimum Gasteiger partial charge on any atom is -0.435 e. The van der Waals surface area contributed by atoms with E-state index in [9.17, 15) is 13.6 Å².